The maximum atomic E-state index is 10.2. The van der Waals surface area contributed by atoms with Gasteiger partial charge in [0.15, 0.2) is 0 Å². The molecule has 0 saturated carbocycles. The SMILES string of the molecule is N#Cc1ccc(CC=O)cc1Br. The van der Waals surface area contributed by atoms with Gasteiger partial charge >= 0.3 is 0 Å². The van der Waals surface area contributed by atoms with Crippen LogP contribution in [0.5, 0.6) is 0 Å². The minimum absolute atomic E-state index is 0.393. The number of aldehydes is 1. The summed E-state index contributed by atoms with van der Waals surface area (Å²) in [5.41, 5.74) is 1.50. The molecule has 0 amide bonds. The van der Waals surface area contributed by atoms with Crippen molar-refractivity contribution in [2.24, 2.45) is 0 Å². The molecule has 3 heteroatoms. The van der Waals surface area contributed by atoms with Crippen molar-refractivity contribution in [2.75, 3.05) is 0 Å². The molecule has 0 saturated heterocycles. The minimum atomic E-state index is 0.393. The summed E-state index contributed by atoms with van der Waals surface area (Å²) < 4.78 is 0.740. The van der Waals surface area contributed by atoms with Gasteiger partial charge in [0.05, 0.1) is 5.56 Å². The Bertz CT molecular complexity index is 341. The van der Waals surface area contributed by atoms with Crippen molar-refractivity contribution in [3.05, 3.63) is 33.8 Å². The molecule has 0 unspecified atom stereocenters. The average molecular weight is 224 g/mol. The summed E-state index contributed by atoms with van der Waals surface area (Å²) in [5, 5.41) is 8.59. The average Bonchev–Trinajstić information content (AvgIpc) is 2.05. The number of nitrogens with zero attached hydrogens (tertiary/aromatic N) is 1. The predicted molar refractivity (Wildman–Crippen MR) is 48.6 cm³/mol. The van der Waals surface area contributed by atoms with Crippen LogP contribution < -0.4 is 0 Å². The van der Waals surface area contributed by atoms with Gasteiger partial charge < -0.3 is 4.79 Å². The Morgan fingerprint density at radius 2 is 2.33 bits per heavy atom. The van der Waals surface area contributed by atoms with Gasteiger partial charge in [-0.2, -0.15) is 5.26 Å². The Balaban J connectivity index is 3.03. The Kier molecular flexibility index (Phi) is 3.01. The Labute approximate surface area is 78.9 Å². The second kappa shape index (κ2) is 4.03. The third-order valence-electron chi connectivity index (χ3n) is 1.47. The van der Waals surface area contributed by atoms with Crippen LogP contribution in [0.4, 0.5) is 0 Å². The first-order valence-electron chi connectivity index (χ1n) is 3.40. The first-order chi connectivity index (χ1) is 5.77. The molecule has 1 aromatic carbocycles. The van der Waals surface area contributed by atoms with Crippen molar-refractivity contribution < 1.29 is 4.79 Å². The first-order valence-corrected chi connectivity index (χ1v) is 4.19. The van der Waals surface area contributed by atoms with Gasteiger partial charge in [0.25, 0.3) is 0 Å². The molecule has 0 aliphatic rings. The molecule has 0 spiro atoms. The lowest BCUT2D eigenvalue weighted by atomic mass is 10.1. The molecule has 0 fully saturated rings. The largest absolute Gasteiger partial charge is 0.303 e. The van der Waals surface area contributed by atoms with E-state index in [0.29, 0.717) is 12.0 Å². The van der Waals surface area contributed by atoms with Crippen LogP contribution in [0.2, 0.25) is 0 Å². The number of carbonyl (C=O) groups is 1. The van der Waals surface area contributed by atoms with Gasteiger partial charge in [-0.1, -0.05) is 6.07 Å². The lowest BCUT2D eigenvalue weighted by Gasteiger charge is -1.97. The van der Waals surface area contributed by atoms with E-state index in [0.717, 1.165) is 16.3 Å². The highest BCUT2D eigenvalue weighted by Crippen LogP contribution is 2.17. The van der Waals surface area contributed by atoms with Crippen LogP contribution in [-0.2, 0) is 11.2 Å². The van der Waals surface area contributed by atoms with Crippen molar-refractivity contribution in [1.29, 1.82) is 5.26 Å². The van der Waals surface area contributed by atoms with Crippen molar-refractivity contribution in [3.63, 3.8) is 0 Å². The van der Waals surface area contributed by atoms with E-state index < -0.39 is 0 Å². The standard InChI is InChI=1S/C9H6BrNO/c10-9-5-7(3-4-12)1-2-8(9)6-11/h1-2,4-5H,3H2. The van der Waals surface area contributed by atoms with Crippen molar-refractivity contribution in [3.8, 4) is 6.07 Å². The van der Waals surface area contributed by atoms with Crippen LogP contribution in [0, 0.1) is 11.3 Å². The summed E-state index contributed by atoms with van der Waals surface area (Å²) in [7, 11) is 0. The molecule has 0 bridgehead atoms. The second-order valence-electron chi connectivity index (χ2n) is 2.30. The molecule has 0 aromatic heterocycles. The van der Waals surface area contributed by atoms with Gasteiger partial charge in [-0.25, -0.2) is 0 Å². The fourth-order valence-electron chi connectivity index (χ4n) is 0.872. The van der Waals surface area contributed by atoms with Gasteiger partial charge in [0.2, 0.25) is 0 Å². The molecule has 0 N–H and O–H groups in total. The summed E-state index contributed by atoms with van der Waals surface area (Å²) in [5.74, 6) is 0. The van der Waals surface area contributed by atoms with E-state index >= 15 is 0 Å². The van der Waals surface area contributed by atoms with Crippen LogP contribution in [0.3, 0.4) is 0 Å². The van der Waals surface area contributed by atoms with Crippen LogP contribution in [0.25, 0.3) is 0 Å². The molecular formula is C9H6BrNO. The molecule has 1 aromatic rings. The molecule has 1 rings (SSSR count). The van der Waals surface area contributed by atoms with Crippen molar-refractivity contribution in [1.82, 2.24) is 0 Å². The van der Waals surface area contributed by atoms with Gasteiger partial charge in [-0.15, -0.1) is 0 Å². The van der Waals surface area contributed by atoms with E-state index in [1.807, 2.05) is 6.07 Å². The summed E-state index contributed by atoms with van der Waals surface area (Å²) >= 11 is 3.24. The molecule has 0 atom stereocenters. The quantitative estimate of drug-likeness (QED) is 0.721. The Morgan fingerprint density at radius 1 is 1.58 bits per heavy atom. The molecule has 2 nitrogen and oxygen atoms in total. The molecule has 12 heavy (non-hydrogen) atoms. The molecule has 60 valence electrons. The fourth-order valence-corrected chi connectivity index (χ4v) is 1.39. The third-order valence-corrected chi connectivity index (χ3v) is 2.13. The van der Waals surface area contributed by atoms with E-state index in [-0.39, 0.29) is 0 Å². The van der Waals surface area contributed by atoms with Gasteiger partial charge in [0.1, 0.15) is 12.4 Å². The van der Waals surface area contributed by atoms with E-state index in [1.165, 1.54) is 0 Å². The zero-order chi connectivity index (χ0) is 8.97. The van der Waals surface area contributed by atoms with Crippen LogP contribution in [-0.4, -0.2) is 6.29 Å². The lowest BCUT2D eigenvalue weighted by Crippen LogP contribution is -1.86. The zero-order valence-electron chi connectivity index (χ0n) is 6.25. The Hall–Kier alpha value is -1.14. The normalized spacial score (nSPS) is 9.00. The summed E-state index contributed by atoms with van der Waals surface area (Å²) in [6, 6.07) is 7.29. The summed E-state index contributed by atoms with van der Waals surface area (Å²) in [6.45, 7) is 0. The number of nitriles is 1. The van der Waals surface area contributed by atoms with Crippen LogP contribution in [0.1, 0.15) is 11.1 Å². The van der Waals surface area contributed by atoms with E-state index in [2.05, 4.69) is 15.9 Å². The highest BCUT2D eigenvalue weighted by molar-refractivity contribution is 9.10. The predicted octanol–water partition coefficient (Wildman–Crippen LogP) is 2.06. The van der Waals surface area contributed by atoms with E-state index in [1.54, 1.807) is 18.2 Å². The second-order valence-corrected chi connectivity index (χ2v) is 3.15. The molecule has 0 aliphatic heterocycles. The molecular weight excluding hydrogens is 218 g/mol. The maximum absolute atomic E-state index is 10.2. The summed E-state index contributed by atoms with van der Waals surface area (Å²) in [6.07, 6.45) is 1.23. The van der Waals surface area contributed by atoms with Crippen molar-refractivity contribution >= 4 is 22.2 Å². The third kappa shape index (κ3) is 1.93. The number of hydrogen-bond donors (Lipinski definition) is 0. The van der Waals surface area contributed by atoms with E-state index in [4.69, 9.17) is 5.26 Å². The Morgan fingerprint density at radius 3 is 2.83 bits per heavy atom. The maximum Gasteiger partial charge on any atom is 0.124 e. The van der Waals surface area contributed by atoms with Gasteiger partial charge in [-0.05, 0) is 33.6 Å². The summed E-state index contributed by atoms with van der Waals surface area (Å²) in [4.78, 5) is 10.2. The first kappa shape index (κ1) is 8.95. The number of carbonyl (C=O) groups excluding carboxylic acids is 1. The van der Waals surface area contributed by atoms with Crippen molar-refractivity contribution in [2.45, 2.75) is 6.42 Å². The number of hydrogen-bond acceptors (Lipinski definition) is 2. The minimum Gasteiger partial charge on any atom is -0.303 e. The lowest BCUT2D eigenvalue weighted by molar-refractivity contribution is -0.107. The zero-order valence-corrected chi connectivity index (χ0v) is 7.84. The van der Waals surface area contributed by atoms with E-state index in [9.17, 15) is 4.79 Å². The molecule has 0 aliphatic carbocycles. The smallest absolute Gasteiger partial charge is 0.124 e. The topological polar surface area (TPSA) is 40.9 Å². The number of rotatable bonds is 2. The highest BCUT2D eigenvalue weighted by Gasteiger charge is 1.99. The fraction of sp³-hybridized carbons (Fsp3) is 0.111. The monoisotopic (exact) mass is 223 g/mol. The highest BCUT2D eigenvalue weighted by atomic mass is 79.9. The van der Waals surface area contributed by atoms with Crippen LogP contribution in [0.15, 0.2) is 22.7 Å². The van der Waals surface area contributed by atoms with Gasteiger partial charge in [-0.3, -0.25) is 0 Å². The molecule has 0 radical (unpaired) electrons. The van der Waals surface area contributed by atoms with Crippen LogP contribution >= 0.6 is 15.9 Å². The number of benzene rings is 1. The van der Waals surface area contributed by atoms with Gasteiger partial charge in [0, 0.05) is 10.9 Å². The molecule has 0 heterocycles. The number of halogens is 1.